The van der Waals surface area contributed by atoms with Gasteiger partial charge in [0.25, 0.3) is 0 Å². The Morgan fingerprint density at radius 2 is 1.00 bits per heavy atom. The van der Waals surface area contributed by atoms with Gasteiger partial charge in [0, 0.05) is 23.2 Å². The average molecular weight is 668 g/mol. The van der Waals surface area contributed by atoms with Crippen molar-refractivity contribution in [2.24, 2.45) is 63.1 Å². The van der Waals surface area contributed by atoms with E-state index in [0.29, 0.717) is 61.7 Å². The third-order valence-electron chi connectivity index (χ3n) is 15.9. The van der Waals surface area contributed by atoms with Crippen LogP contribution in [0.3, 0.4) is 0 Å². The minimum Gasteiger partial charge on any atom is -0.550 e. The smallest absolute Gasteiger partial charge is 0.312 e. The molecule has 0 radical (unpaired) electrons. The normalized spacial score (nSPS) is 56.5. The topological polar surface area (TPSA) is 152 Å². The number of carbonyl (C=O) groups is 3. The summed E-state index contributed by atoms with van der Waals surface area (Å²) in [6.07, 6.45) is 12.5. The Kier molecular flexibility index (Phi) is 6.31. The number of carbonyl (C=O) groups excluding carboxylic acids is 3. The summed E-state index contributed by atoms with van der Waals surface area (Å²) in [5.41, 5.74) is -4.66. The van der Waals surface area contributed by atoms with E-state index in [-0.39, 0.29) is 50.2 Å². The van der Waals surface area contributed by atoms with Gasteiger partial charge in [-0.1, -0.05) is 0 Å². The van der Waals surface area contributed by atoms with E-state index in [2.05, 4.69) is 0 Å². The monoisotopic (exact) mass is 667 g/mol. The first-order chi connectivity index (χ1) is 22.8. The van der Waals surface area contributed by atoms with Crippen LogP contribution in [0.15, 0.2) is 0 Å². The fraction of sp³-hybridized carbons (Fsp3) is 0.921. The van der Waals surface area contributed by atoms with E-state index in [0.717, 1.165) is 77.0 Å². The first-order valence-corrected chi connectivity index (χ1v) is 19.0. The van der Waals surface area contributed by atoms with Crippen molar-refractivity contribution < 1.29 is 48.7 Å². The van der Waals surface area contributed by atoms with E-state index in [1.54, 1.807) is 0 Å². The second kappa shape index (κ2) is 9.77. The minimum atomic E-state index is -0.954. The Morgan fingerprint density at radius 1 is 0.583 bits per heavy atom. The number of carboxylic acid groups (broad SMARTS) is 1. The highest BCUT2D eigenvalue weighted by Gasteiger charge is 2.67. The van der Waals surface area contributed by atoms with Crippen molar-refractivity contribution in [3.8, 4) is 0 Å². The van der Waals surface area contributed by atoms with Crippen molar-refractivity contribution in [1.29, 1.82) is 0 Å². The molecule has 0 amide bonds. The number of esters is 2. The van der Waals surface area contributed by atoms with Gasteiger partial charge >= 0.3 is 11.9 Å². The zero-order valence-electron chi connectivity index (χ0n) is 28.1. The van der Waals surface area contributed by atoms with Gasteiger partial charge in [-0.2, -0.15) is 0 Å². The molecule has 0 aromatic rings. The van der Waals surface area contributed by atoms with Gasteiger partial charge in [0.05, 0.1) is 40.7 Å². The van der Waals surface area contributed by atoms with Crippen LogP contribution >= 0.6 is 0 Å². The van der Waals surface area contributed by atoms with Crippen LogP contribution in [0.2, 0.25) is 0 Å². The summed E-state index contributed by atoms with van der Waals surface area (Å²) in [5, 5.41) is 34.9. The number of aliphatic hydroxyl groups is 2. The number of aliphatic carboxylic acids is 1. The lowest BCUT2D eigenvalue weighted by Crippen LogP contribution is -2.69. The largest absolute Gasteiger partial charge is 0.550 e. The van der Waals surface area contributed by atoms with Gasteiger partial charge in [0.1, 0.15) is 13.2 Å². The standard InChI is InChI=1S/C38H52O10/c39-29(40)33-5-22-3-27(14-33)38(28(4-22)15-33)47-20-32(21-48-38,18-45-30(41)34-6-23-1-24(7-34)11-36(43,10-23)16-34)19-46-31(42)35-8-25-2-26(9-35)13-37(44,12-25)17-35/h22-28,43-44H,1-21H2,(H,39,40)/p-1. The van der Waals surface area contributed by atoms with Crippen molar-refractivity contribution in [3.05, 3.63) is 0 Å². The lowest BCUT2D eigenvalue weighted by atomic mass is 9.47. The first kappa shape index (κ1) is 31.0. The third-order valence-corrected chi connectivity index (χ3v) is 15.9. The zero-order valence-corrected chi connectivity index (χ0v) is 28.1. The van der Waals surface area contributed by atoms with E-state index in [9.17, 15) is 29.7 Å². The summed E-state index contributed by atoms with van der Waals surface area (Å²) in [6.45, 7) is 0.309. The van der Waals surface area contributed by atoms with E-state index in [1.165, 1.54) is 0 Å². The van der Waals surface area contributed by atoms with Crippen LogP contribution in [0.5, 0.6) is 0 Å². The molecule has 10 nitrogen and oxygen atoms in total. The molecule has 12 aliphatic carbocycles. The zero-order chi connectivity index (χ0) is 33.0. The number of carboxylic acids is 1. The summed E-state index contributed by atoms with van der Waals surface area (Å²) in [5.74, 6) is -0.776. The SMILES string of the molecule is O=C([O-])C12CC3CC(C1)C1(OCC(COC(=O)C45CC6CC(CC(O)(C6)C4)C5)(COC(=O)C45CC6CC(CC(O)(C6)C4)C5)CO1)C(C3)C2. The van der Waals surface area contributed by atoms with Crippen LogP contribution in [0.25, 0.3) is 0 Å². The lowest BCUT2D eigenvalue weighted by Gasteiger charge is -2.66. The second-order valence-corrected chi connectivity index (χ2v) is 19.8. The highest BCUT2D eigenvalue weighted by atomic mass is 16.7. The number of hydrogen-bond donors (Lipinski definition) is 2. The molecule has 13 aliphatic rings. The maximum absolute atomic E-state index is 14.0. The molecule has 0 aromatic carbocycles. The van der Waals surface area contributed by atoms with Gasteiger partial charge in [-0.15, -0.1) is 0 Å². The van der Waals surface area contributed by atoms with Gasteiger partial charge in [-0.25, -0.2) is 0 Å². The summed E-state index contributed by atoms with van der Waals surface area (Å²) in [6, 6.07) is 0. The molecule has 2 N–H and O–H groups in total. The predicted molar refractivity (Wildman–Crippen MR) is 164 cm³/mol. The summed E-state index contributed by atoms with van der Waals surface area (Å²) in [4.78, 5) is 40.3. The second-order valence-electron chi connectivity index (χ2n) is 19.8. The molecule has 264 valence electrons. The van der Waals surface area contributed by atoms with Gasteiger partial charge in [0.2, 0.25) is 0 Å². The van der Waals surface area contributed by atoms with Crippen LogP contribution in [-0.4, -0.2) is 71.5 Å². The molecule has 6 atom stereocenters. The number of hydrogen-bond acceptors (Lipinski definition) is 10. The molecule has 12 saturated carbocycles. The molecule has 48 heavy (non-hydrogen) atoms. The summed E-state index contributed by atoms with van der Waals surface area (Å²) in [7, 11) is 0. The van der Waals surface area contributed by atoms with Crippen LogP contribution in [0.1, 0.15) is 109 Å². The van der Waals surface area contributed by atoms with Crippen molar-refractivity contribution in [1.82, 2.24) is 0 Å². The molecule has 1 spiro atoms. The summed E-state index contributed by atoms with van der Waals surface area (Å²) < 4.78 is 26.0. The molecule has 6 unspecified atom stereocenters. The summed E-state index contributed by atoms with van der Waals surface area (Å²) >= 11 is 0. The molecule has 1 aliphatic heterocycles. The lowest BCUT2D eigenvalue weighted by molar-refractivity contribution is -0.399. The van der Waals surface area contributed by atoms with E-state index in [1.807, 2.05) is 0 Å². The van der Waals surface area contributed by atoms with Gasteiger partial charge in [-0.3, -0.25) is 9.59 Å². The molecule has 0 aromatic heterocycles. The van der Waals surface area contributed by atoms with E-state index >= 15 is 0 Å². The van der Waals surface area contributed by atoms with Crippen molar-refractivity contribution in [2.45, 2.75) is 126 Å². The average Bonchev–Trinajstić information content (AvgIpc) is 2.99. The van der Waals surface area contributed by atoms with Crippen LogP contribution in [-0.2, 0) is 33.3 Å². The Bertz CT molecular complexity index is 1310. The number of rotatable bonds is 7. The first-order valence-electron chi connectivity index (χ1n) is 19.0. The fourth-order valence-electron chi connectivity index (χ4n) is 15.1. The predicted octanol–water partition coefficient (Wildman–Crippen LogP) is 3.04. The van der Waals surface area contributed by atoms with E-state index < -0.39 is 44.6 Å². The van der Waals surface area contributed by atoms with Crippen molar-refractivity contribution >= 4 is 17.9 Å². The highest BCUT2D eigenvalue weighted by molar-refractivity contribution is 5.78. The quantitative estimate of drug-likeness (QED) is 0.388. The maximum Gasteiger partial charge on any atom is 0.312 e. The maximum atomic E-state index is 14.0. The minimum absolute atomic E-state index is 0.0200. The Labute approximate surface area is 282 Å². The van der Waals surface area contributed by atoms with Crippen LogP contribution in [0, 0.1) is 63.1 Å². The van der Waals surface area contributed by atoms with Gasteiger partial charge in [0.15, 0.2) is 5.79 Å². The Morgan fingerprint density at radius 3 is 1.40 bits per heavy atom. The highest BCUT2D eigenvalue weighted by Crippen LogP contribution is 2.67. The molecule has 13 fully saturated rings. The Hall–Kier alpha value is -1.75. The van der Waals surface area contributed by atoms with Crippen LogP contribution in [0.4, 0.5) is 0 Å². The van der Waals surface area contributed by atoms with Gasteiger partial charge < -0.3 is 39.1 Å². The third kappa shape index (κ3) is 4.39. The number of ether oxygens (including phenoxy) is 4. The molecule has 10 heteroatoms. The molecule has 13 rings (SSSR count). The molecule has 1 saturated heterocycles. The van der Waals surface area contributed by atoms with E-state index in [4.69, 9.17) is 18.9 Å². The molecule has 12 bridgehead atoms. The molecule has 1 heterocycles. The van der Waals surface area contributed by atoms with Crippen LogP contribution < -0.4 is 5.11 Å². The molecular formula is C38H51O10-. The molecular weight excluding hydrogens is 616 g/mol. The Balaban J connectivity index is 0.888. The van der Waals surface area contributed by atoms with Gasteiger partial charge in [-0.05, 0) is 139 Å². The fourth-order valence-corrected chi connectivity index (χ4v) is 15.1. The van der Waals surface area contributed by atoms with Crippen molar-refractivity contribution in [3.63, 3.8) is 0 Å². The van der Waals surface area contributed by atoms with Crippen molar-refractivity contribution in [2.75, 3.05) is 26.4 Å².